The van der Waals surface area contributed by atoms with Crippen LogP contribution in [0.15, 0.2) is 42.5 Å². The summed E-state index contributed by atoms with van der Waals surface area (Å²) in [5.74, 6) is 0.912. The summed E-state index contributed by atoms with van der Waals surface area (Å²) in [7, 11) is 0. The highest BCUT2D eigenvalue weighted by Gasteiger charge is 2.21. The predicted molar refractivity (Wildman–Crippen MR) is 86.4 cm³/mol. The highest BCUT2D eigenvalue weighted by atomic mass is 16.5. The molecule has 1 atom stereocenters. The zero-order valence-electron chi connectivity index (χ0n) is 12.7. The van der Waals surface area contributed by atoms with Gasteiger partial charge in [-0.2, -0.15) is 5.26 Å². The Morgan fingerprint density at radius 2 is 1.95 bits per heavy atom. The average Bonchev–Trinajstić information content (AvgIpc) is 2.52. The van der Waals surface area contributed by atoms with E-state index in [1.807, 2.05) is 38.1 Å². The monoisotopic (exact) mass is 282 g/mol. The van der Waals surface area contributed by atoms with Gasteiger partial charge < -0.3 is 4.74 Å². The Morgan fingerprint density at radius 1 is 1.19 bits per heavy atom. The van der Waals surface area contributed by atoms with Crippen molar-refractivity contribution in [3.05, 3.63) is 42.5 Å². The van der Waals surface area contributed by atoms with Crippen LogP contribution >= 0.6 is 0 Å². The van der Waals surface area contributed by atoms with Crippen molar-refractivity contribution in [2.24, 2.45) is 0 Å². The molecule has 1 unspecified atom stereocenters. The summed E-state index contributed by atoms with van der Waals surface area (Å²) in [5, 5.41) is 14.8. The van der Waals surface area contributed by atoms with Gasteiger partial charge >= 0.3 is 0 Å². The second kappa shape index (κ2) is 7.10. The Labute approximate surface area is 126 Å². The fourth-order valence-corrected chi connectivity index (χ4v) is 2.50. The van der Waals surface area contributed by atoms with Crippen LogP contribution in [0.5, 0.6) is 5.75 Å². The first-order valence-electron chi connectivity index (χ1n) is 7.45. The van der Waals surface area contributed by atoms with Crippen LogP contribution in [0.3, 0.4) is 0 Å². The molecule has 0 bridgehead atoms. The molecule has 0 aliphatic carbocycles. The molecule has 0 aromatic heterocycles. The van der Waals surface area contributed by atoms with Gasteiger partial charge in [0.2, 0.25) is 0 Å². The number of fused-ring (bicyclic) bond motifs is 1. The molecular weight excluding hydrogens is 260 g/mol. The smallest absolute Gasteiger partial charge is 0.127 e. The third kappa shape index (κ3) is 3.96. The van der Waals surface area contributed by atoms with Gasteiger partial charge in [-0.05, 0) is 37.8 Å². The highest BCUT2D eigenvalue weighted by molar-refractivity contribution is 5.88. The molecule has 0 amide bonds. The lowest BCUT2D eigenvalue weighted by atomic mass is 9.98. The number of nitriles is 1. The number of benzene rings is 2. The lowest BCUT2D eigenvalue weighted by Gasteiger charge is -2.22. The second-order valence-corrected chi connectivity index (χ2v) is 5.40. The summed E-state index contributed by atoms with van der Waals surface area (Å²) in [6.45, 7) is 5.38. The summed E-state index contributed by atoms with van der Waals surface area (Å²) >= 11 is 0. The van der Waals surface area contributed by atoms with Crippen LogP contribution in [0.25, 0.3) is 10.8 Å². The van der Waals surface area contributed by atoms with Crippen LogP contribution in [0.2, 0.25) is 0 Å². The average molecular weight is 282 g/mol. The fourth-order valence-electron chi connectivity index (χ4n) is 2.50. The number of hydrogen-bond acceptors (Lipinski definition) is 3. The van der Waals surface area contributed by atoms with Crippen LogP contribution < -0.4 is 10.1 Å². The topological polar surface area (TPSA) is 45.0 Å². The Hall–Kier alpha value is -2.05. The van der Waals surface area contributed by atoms with Gasteiger partial charge in [0.1, 0.15) is 11.3 Å². The molecule has 0 radical (unpaired) electrons. The summed E-state index contributed by atoms with van der Waals surface area (Å²) in [5.41, 5.74) is -0.461. The van der Waals surface area contributed by atoms with E-state index in [0.717, 1.165) is 30.5 Å². The summed E-state index contributed by atoms with van der Waals surface area (Å²) in [6.07, 6.45) is 1.63. The van der Waals surface area contributed by atoms with E-state index in [4.69, 9.17) is 4.74 Å². The van der Waals surface area contributed by atoms with E-state index in [9.17, 15) is 5.26 Å². The molecule has 0 saturated carbocycles. The Balaban J connectivity index is 1.93. The predicted octanol–water partition coefficient (Wildman–Crippen LogP) is 3.89. The number of rotatable bonds is 7. The fraction of sp³-hybridized carbons (Fsp3) is 0.389. The molecule has 0 saturated heterocycles. The minimum atomic E-state index is -0.461. The van der Waals surface area contributed by atoms with E-state index in [-0.39, 0.29) is 0 Å². The van der Waals surface area contributed by atoms with E-state index in [1.165, 1.54) is 5.39 Å². The maximum Gasteiger partial charge on any atom is 0.127 e. The molecular formula is C18H22N2O. The van der Waals surface area contributed by atoms with Gasteiger partial charge in [0.15, 0.2) is 0 Å². The van der Waals surface area contributed by atoms with Gasteiger partial charge in [-0.1, -0.05) is 43.3 Å². The maximum absolute atomic E-state index is 9.22. The molecule has 2 aromatic rings. The van der Waals surface area contributed by atoms with E-state index in [0.29, 0.717) is 6.61 Å². The molecule has 2 aromatic carbocycles. The van der Waals surface area contributed by atoms with Gasteiger partial charge in [-0.25, -0.2) is 0 Å². The largest absolute Gasteiger partial charge is 0.493 e. The van der Waals surface area contributed by atoms with Gasteiger partial charge in [0.25, 0.3) is 0 Å². The standard InChI is InChI=1S/C18H22N2O/c1-3-20-18(2,14-19)12-7-13-21-17-11-6-9-15-8-4-5-10-16(15)17/h4-6,8-11,20H,3,7,12-13H2,1-2H3. The first-order valence-corrected chi connectivity index (χ1v) is 7.45. The number of nitrogens with one attached hydrogen (secondary N) is 1. The normalized spacial score (nSPS) is 13.6. The molecule has 0 fully saturated rings. The molecule has 3 nitrogen and oxygen atoms in total. The zero-order chi connectivity index (χ0) is 15.1. The lowest BCUT2D eigenvalue weighted by Crippen LogP contribution is -2.40. The van der Waals surface area contributed by atoms with Crippen LogP contribution in [0.1, 0.15) is 26.7 Å². The van der Waals surface area contributed by atoms with E-state index < -0.39 is 5.54 Å². The molecule has 0 heterocycles. The third-order valence-corrected chi connectivity index (χ3v) is 3.64. The van der Waals surface area contributed by atoms with E-state index >= 15 is 0 Å². The maximum atomic E-state index is 9.22. The molecule has 3 heteroatoms. The zero-order valence-corrected chi connectivity index (χ0v) is 12.7. The van der Waals surface area contributed by atoms with Crippen molar-refractivity contribution in [3.8, 4) is 11.8 Å². The molecule has 1 N–H and O–H groups in total. The van der Waals surface area contributed by atoms with Crippen molar-refractivity contribution in [3.63, 3.8) is 0 Å². The molecule has 21 heavy (non-hydrogen) atoms. The summed E-state index contributed by atoms with van der Waals surface area (Å²) in [4.78, 5) is 0. The van der Waals surface area contributed by atoms with Crippen LogP contribution in [-0.2, 0) is 0 Å². The number of ether oxygens (including phenoxy) is 1. The minimum absolute atomic E-state index is 0.461. The minimum Gasteiger partial charge on any atom is -0.493 e. The first-order chi connectivity index (χ1) is 10.2. The van der Waals surface area contributed by atoms with Crippen molar-refractivity contribution in [1.29, 1.82) is 5.26 Å². The SMILES string of the molecule is CCNC(C)(C#N)CCCOc1cccc2ccccc12. The Bertz CT molecular complexity index is 627. The van der Waals surface area contributed by atoms with Gasteiger partial charge in [0, 0.05) is 5.39 Å². The molecule has 0 spiro atoms. The first kappa shape index (κ1) is 15.3. The molecule has 110 valence electrons. The Morgan fingerprint density at radius 3 is 2.71 bits per heavy atom. The lowest BCUT2D eigenvalue weighted by molar-refractivity contribution is 0.289. The molecule has 0 aliphatic heterocycles. The van der Waals surface area contributed by atoms with E-state index in [2.05, 4.69) is 29.6 Å². The Kier molecular flexibility index (Phi) is 5.19. The van der Waals surface area contributed by atoms with Gasteiger partial charge in [-0.15, -0.1) is 0 Å². The summed E-state index contributed by atoms with van der Waals surface area (Å²) in [6, 6.07) is 16.6. The van der Waals surface area contributed by atoms with Crippen molar-refractivity contribution < 1.29 is 4.74 Å². The summed E-state index contributed by atoms with van der Waals surface area (Å²) < 4.78 is 5.90. The quantitative estimate of drug-likeness (QED) is 0.784. The van der Waals surface area contributed by atoms with Gasteiger partial charge in [0.05, 0.1) is 12.7 Å². The van der Waals surface area contributed by atoms with Crippen molar-refractivity contribution in [1.82, 2.24) is 5.32 Å². The van der Waals surface area contributed by atoms with Crippen molar-refractivity contribution >= 4 is 10.8 Å². The molecule has 0 aliphatic rings. The van der Waals surface area contributed by atoms with Crippen molar-refractivity contribution in [2.45, 2.75) is 32.2 Å². The van der Waals surface area contributed by atoms with Gasteiger partial charge in [-0.3, -0.25) is 5.32 Å². The number of nitrogens with zero attached hydrogens (tertiary/aromatic N) is 1. The second-order valence-electron chi connectivity index (χ2n) is 5.40. The van der Waals surface area contributed by atoms with Crippen molar-refractivity contribution in [2.75, 3.05) is 13.2 Å². The third-order valence-electron chi connectivity index (χ3n) is 3.64. The van der Waals surface area contributed by atoms with Crippen LogP contribution in [0.4, 0.5) is 0 Å². The highest BCUT2D eigenvalue weighted by Crippen LogP contribution is 2.25. The van der Waals surface area contributed by atoms with E-state index in [1.54, 1.807) is 0 Å². The van der Waals surface area contributed by atoms with Crippen LogP contribution in [-0.4, -0.2) is 18.7 Å². The molecule has 2 rings (SSSR count). The number of hydrogen-bond donors (Lipinski definition) is 1. The van der Waals surface area contributed by atoms with Crippen LogP contribution in [0, 0.1) is 11.3 Å².